The van der Waals surface area contributed by atoms with Gasteiger partial charge in [-0.1, -0.05) is 32.9 Å². The monoisotopic (exact) mass is 568 g/mol. The zero-order chi connectivity index (χ0) is 29.2. The first-order valence-corrected chi connectivity index (χ1v) is 15.2. The fraction of sp³-hybridized carbons (Fsp3) is 0.719. The number of carbonyl (C=O) groups excluding carboxylic acids is 2. The van der Waals surface area contributed by atoms with Gasteiger partial charge in [-0.15, -0.1) is 0 Å². The van der Waals surface area contributed by atoms with Crippen LogP contribution >= 0.6 is 0 Å². The van der Waals surface area contributed by atoms with Gasteiger partial charge >= 0.3 is 11.9 Å². The maximum absolute atomic E-state index is 13.2. The molecule has 0 unspecified atom stereocenters. The minimum Gasteiger partial charge on any atom is -0.472 e. The molecule has 2 saturated heterocycles. The number of esters is 2. The second kappa shape index (κ2) is 9.97. The average Bonchev–Trinajstić information content (AvgIpc) is 3.53. The largest absolute Gasteiger partial charge is 0.472 e. The lowest BCUT2D eigenvalue weighted by molar-refractivity contribution is -0.181. The molecule has 4 heterocycles. The van der Waals surface area contributed by atoms with E-state index in [2.05, 4.69) is 46.4 Å². The SMILES string of the molecule is CCN(CC)CCO/N=C1/C[C@H]2C(C)(C)O[C@H]3CC(=O)OC[C@]32[C@H]2CC[C@]3(C)C(=CC(=O)O[C@H]3c3ccoc3)[C@]12C. The van der Waals surface area contributed by atoms with Crippen molar-refractivity contribution in [1.29, 1.82) is 0 Å². The van der Waals surface area contributed by atoms with E-state index in [0.717, 1.165) is 49.3 Å². The molecule has 0 N–H and O–H groups in total. The Balaban J connectivity index is 1.47. The van der Waals surface area contributed by atoms with Crippen molar-refractivity contribution in [2.45, 2.75) is 85.0 Å². The number of carbonyl (C=O) groups is 2. The molecule has 7 atom stereocenters. The molecule has 2 saturated carbocycles. The number of oxime groups is 1. The molecule has 4 fully saturated rings. The van der Waals surface area contributed by atoms with Gasteiger partial charge in [-0.3, -0.25) is 4.79 Å². The van der Waals surface area contributed by atoms with E-state index in [-0.39, 0.29) is 41.7 Å². The lowest BCUT2D eigenvalue weighted by Crippen LogP contribution is -2.66. The first-order valence-electron chi connectivity index (χ1n) is 15.2. The second-order valence-electron chi connectivity index (χ2n) is 13.5. The normalized spacial score (nSPS) is 40.2. The highest BCUT2D eigenvalue weighted by atomic mass is 16.6. The van der Waals surface area contributed by atoms with Crippen molar-refractivity contribution >= 4 is 17.7 Å². The molecule has 0 aromatic carbocycles. The number of furan rings is 1. The van der Waals surface area contributed by atoms with Crippen molar-refractivity contribution in [3.63, 3.8) is 0 Å². The van der Waals surface area contributed by atoms with Gasteiger partial charge < -0.3 is 28.4 Å². The van der Waals surface area contributed by atoms with Gasteiger partial charge in [0, 0.05) is 40.3 Å². The van der Waals surface area contributed by atoms with E-state index in [1.807, 2.05) is 6.07 Å². The van der Waals surface area contributed by atoms with E-state index >= 15 is 0 Å². The van der Waals surface area contributed by atoms with E-state index in [1.54, 1.807) is 18.6 Å². The van der Waals surface area contributed by atoms with Crippen molar-refractivity contribution in [2.24, 2.45) is 33.2 Å². The van der Waals surface area contributed by atoms with Gasteiger partial charge in [-0.25, -0.2) is 4.79 Å². The van der Waals surface area contributed by atoms with Crippen molar-refractivity contribution in [3.8, 4) is 0 Å². The summed E-state index contributed by atoms with van der Waals surface area (Å²) >= 11 is 0. The van der Waals surface area contributed by atoms with Crippen molar-refractivity contribution in [2.75, 3.05) is 32.8 Å². The lowest BCUT2D eigenvalue weighted by atomic mass is 9.39. The summed E-state index contributed by atoms with van der Waals surface area (Å²) in [5, 5.41) is 4.91. The molecule has 0 bridgehead atoms. The highest BCUT2D eigenvalue weighted by Gasteiger charge is 2.74. The highest BCUT2D eigenvalue weighted by Crippen LogP contribution is 2.72. The molecule has 2 aliphatic carbocycles. The molecular formula is C32H44N2O7. The molecule has 5 aliphatic rings. The van der Waals surface area contributed by atoms with Crippen LogP contribution in [0.1, 0.15) is 78.9 Å². The van der Waals surface area contributed by atoms with E-state index in [9.17, 15) is 9.59 Å². The number of likely N-dealkylation sites (N-methyl/N-ethyl adjacent to an activating group) is 1. The molecule has 1 aromatic rings. The van der Waals surface area contributed by atoms with Gasteiger partial charge in [-0.05, 0) is 63.8 Å². The van der Waals surface area contributed by atoms with E-state index < -0.39 is 22.5 Å². The van der Waals surface area contributed by atoms with Crippen LogP contribution in [0.2, 0.25) is 0 Å². The first-order chi connectivity index (χ1) is 19.5. The molecule has 1 spiro atoms. The Kier molecular flexibility index (Phi) is 6.92. The number of nitrogens with zero attached hydrogens (tertiary/aromatic N) is 2. The van der Waals surface area contributed by atoms with E-state index in [4.69, 9.17) is 28.6 Å². The number of cyclic esters (lactones) is 2. The van der Waals surface area contributed by atoms with Crippen LogP contribution in [0.4, 0.5) is 0 Å². The van der Waals surface area contributed by atoms with Crippen LogP contribution in [0.25, 0.3) is 0 Å². The van der Waals surface area contributed by atoms with Crippen LogP contribution < -0.4 is 0 Å². The van der Waals surface area contributed by atoms with Gasteiger partial charge in [0.15, 0.2) is 0 Å². The Labute approximate surface area is 242 Å². The zero-order valence-electron chi connectivity index (χ0n) is 25.2. The maximum Gasteiger partial charge on any atom is 0.331 e. The molecule has 0 radical (unpaired) electrons. The number of ether oxygens (including phenoxy) is 3. The third-order valence-electron chi connectivity index (χ3n) is 11.3. The lowest BCUT2D eigenvalue weighted by Gasteiger charge is -2.64. The summed E-state index contributed by atoms with van der Waals surface area (Å²) in [6, 6.07) is 1.88. The third-order valence-corrected chi connectivity index (χ3v) is 11.3. The van der Waals surface area contributed by atoms with Crippen LogP contribution in [0, 0.1) is 28.1 Å². The van der Waals surface area contributed by atoms with Gasteiger partial charge in [0.2, 0.25) is 0 Å². The molecule has 9 heteroatoms. The van der Waals surface area contributed by atoms with Crippen molar-refractivity contribution in [1.82, 2.24) is 4.90 Å². The average molecular weight is 569 g/mol. The predicted octanol–water partition coefficient (Wildman–Crippen LogP) is 5.07. The molecule has 1 aromatic heterocycles. The van der Waals surface area contributed by atoms with E-state index in [1.165, 1.54) is 0 Å². The van der Waals surface area contributed by atoms with Gasteiger partial charge in [0.05, 0.1) is 36.4 Å². The van der Waals surface area contributed by atoms with Crippen LogP contribution in [0.5, 0.6) is 0 Å². The third kappa shape index (κ3) is 4.13. The summed E-state index contributed by atoms with van der Waals surface area (Å²) in [5.74, 6) is -0.448. The summed E-state index contributed by atoms with van der Waals surface area (Å²) in [6.45, 7) is 16.5. The Morgan fingerprint density at radius 3 is 2.59 bits per heavy atom. The number of hydrogen-bond donors (Lipinski definition) is 0. The number of hydrogen-bond acceptors (Lipinski definition) is 9. The highest BCUT2D eigenvalue weighted by molar-refractivity contribution is 5.97. The fourth-order valence-electron chi connectivity index (χ4n) is 9.30. The maximum atomic E-state index is 13.2. The molecule has 41 heavy (non-hydrogen) atoms. The van der Waals surface area contributed by atoms with E-state index in [0.29, 0.717) is 19.6 Å². The minimum absolute atomic E-state index is 0.0361. The van der Waals surface area contributed by atoms with Gasteiger partial charge in [0.25, 0.3) is 0 Å². The molecule has 0 amide bonds. The standard InChI is InChI=1S/C32H44N2O7/c1-7-34(8-2)12-14-39-33-24-15-22-29(3,4)41-25-17-26(35)38-19-32(22,25)21-9-11-30(5)23(31(21,24)6)16-27(36)40-28(30)20-10-13-37-18-20/h10,13,16,18,21-22,25,28H,7-9,11-12,14-15,17,19H2,1-6H3/b33-24-/t21-,22-,25-,28-,30+,31+,32+/m0/s1. The second-order valence-corrected chi connectivity index (χ2v) is 13.5. The number of rotatable bonds is 7. The summed E-state index contributed by atoms with van der Waals surface area (Å²) in [6.07, 6.45) is 6.81. The molecular weight excluding hydrogens is 524 g/mol. The van der Waals surface area contributed by atoms with Crippen LogP contribution in [0.3, 0.4) is 0 Å². The van der Waals surface area contributed by atoms with Crippen LogP contribution in [-0.2, 0) is 28.6 Å². The van der Waals surface area contributed by atoms with Gasteiger partial charge in [-0.2, -0.15) is 0 Å². The topological polar surface area (TPSA) is 99.8 Å². The van der Waals surface area contributed by atoms with Gasteiger partial charge in [0.1, 0.15) is 19.3 Å². The van der Waals surface area contributed by atoms with Crippen molar-refractivity contribution in [3.05, 3.63) is 35.8 Å². The van der Waals surface area contributed by atoms with Crippen molar-refractivity contribution < 1.29 is 33.1 Å². The molecule has 3 aliphatic heterocycles. The minimum atomic E-state index is -0.619. The van der Waals surface area contributed by atoms with Crippen LogP contribution in [-0.4, -0.2) is 67.1 Å². The Morgan fingerprint density at radius 2 is 1.88 bits per heavy atom. The molecule has 9 nitrogen and oxygen atoms in total. The smallest absolute Gasteiger partial charge is 0.331 e. The Morgan fingerprint density at radius 1 is 1.10 bits per heavy atom. The first kappa shape index (κ1) is 28.5. The quantitative estimate of drug-likeness (QED) is 0.255. The Hall–Kier alpha value is -2.65. The molecule has 224 valence electrons. The zero-order valence-corrected chi connectivity index (χ0v) is 25.2. The summed E-state index contributed by atoms with van der Waals surface area (Å²) in [5.41, 5.74) is 0.857. The molecule has 6 rings (SSSR count). The summed E-state index contributed by atoms with van der Waals surface area (Å²) in [4.78, 5) is 34.2. The summed E-state index contributed by atoms with van der Waals surface area (Å²) in [7, 11) is 0. The Bertz CT molecular complexity index is 1250. The predicted molar refractivity (Wildman–Crippen MR) is 151 cm³/mol. The number of fused-ring (bicyclic) bond motifs is 3. The fourth-order valence-corrected chi connectivity index (χ4v) is 9.30. The van der Waals surface area contributed by atoms with Crippen LogP contribution in [0.15, 0.2) is 39.8 Å². The summed E-state index contributed by atoms with van der Waals surface area (Å²) < 4.78 is 24.0.